The summed E-state index contributed by atoms with van der Waals surface area (Å²) in [6.07, 6.45) is 0. The van der Waals surface area contributed by atoms with Gasteiger partial charge in [0.1, 0.15) is 17.3 Å². The van der Waals surface area contributed by atoms with Gasteiger partial charge in [0.2, 0.25) is 0 Å². The van der Waals surface area contributed by atoms with Gasteiger partial charge in [-0.05, 0) is 42.4 Å². The lowest BCUT2D eigenvalue weighted by Gasteiger charge is -2.12. The molecule has 0 aromatic heterocycles. The summed E-state index contributed by atoms with van der Waals surface area (Å²) in [6.45, 7) is 3.30. The summed E-state index contributed by atoms with van der Waals surface area (Å²) in [7, 11) is 0. The summed E-state index contributed by atoms with van der Waals surface area (Å²) in [5.74, 6) is 0.956. The van der Waals surface area contributed by atoms with E-state index < -0.39 is 0 Å². The minimum Gasteiger partial charge on any atom is -0.457 e. The van der Waals surface area contributed by atoms with E-state index in [4.69, 9.17) is 9.84 Å². The molecule has 2 aromatic rings. The average molecular weight is 275 g/mol. The zero-order valence-electron chi connectivity index (χ0n) is 11.4. The molecule has 0 heterocycles. The Morgan fingerprint density at radius 2 is 2.05 bits per heavy atom. The molecule has 2 aromatic carbocycles. The highest BCUT2D eigenvalue weighted by atomic mass is 19.1. The van der Waals surface area contributed by atoms with E-state index in [1.165, 1.54) is 12.1 Å². The Hall–Kier alpha value is -1.91. The van der Waals surface area contributed by atoms with Crippen LogP contribution in [0.15, 0.2) is 42.5 Å². The largest absolute Gasteiger partial charge is 0.457 e. The highest BCUT2D eigenvalue weighted by molar-refractivity contribution is 5.39. The monoisotopic (exact) mass is 275 g/mol. The lowest BCUT2D eigenvalue weighted by atomic mass is 10.2. The number of nitrogens with one attached hydrogen (secondary N) is 1. The van der Waals surface area contributed by atoms with Crippen molar-refractivity contribution in [1.82, 2.24) is 5.32 Å². The van der Waals surface area contributed by atoms with E-state index in [1.54, 1.807) is 18.2 Å². The molecule has 0 spiro atoms. The molecule has 0 fully saturated rings. The van der Waals surface area contributed by atoms with Gasteiger partial charge in [-0.25, -0.2) is 4.39 Å². The molecule has 2 N–H and O–H groups in total. The van der Waals surface area contributed by atoms with Gasteiger partial charge in [-0.15, -0.1) is 0 Å². The molecule has 0 saturated carbocycles. The zero-order valence-corrected chi connectivity index (χ0v) is 11.4. The van der Waals surface area contributed by atoms with Crippen molar-refractivity contribution in [3.63, 3.8) is 0 Å². The summed E-state index contributed by atoms with van der Waals surface area (Å²) in [4.78, 5) is 0. The van der Waals surface area contributed by atoms with Gasteiger partial charge in [-0.1, -0.05) is 19.1 Å². The van der Waals surface area contributed by atoms with E-state index in [0.29, 0.717) is 18.0 Å². The van der Waals surface area contributed by atoms with Crippen molar-refractivity contribution >= 4 is 0 Å². The van der Waals surface area contributed by atoms with Crippen LogP contribution in [-0.2, 0) is 13.2 Å². The van der Waals surface area contributed by atoms with Crippen LogP contribution in [0.4, 0.5) is 4.39 Å². The first kappa shape index (κ1) is 14.5. The van der Waals surface area contributed by atoms with Crippen LogP contribution < -0.4 is 10.1 Å². The van der Waals surface area contributed by atoms with E-state index in [9.17, 15) is 4.39 Å². The van der Waals surface area contributed by atoms with Crippen LogP contribution in [-0.4, -0.2) is 11.7 Å². The molecule has 0 bridgehead atoms. The van der Waals surface area contributed by atoms with Crippen molar-refractivity contribution in [1.29, 1.82) is 0 Å². The van der Waals surface area contributed by atoms with Crippen LogP contribution in [0.3, 0.4) is 0 Å². The van der Waals surface area contributed by atoms with Crippen molar-refractivity contribution in [3.05, 3.63) is 59.4 Å². The van der Waals surface area contributed by atoms with E-state index in [2.05, 4.69) is 5.32 Å². The highest BCUT2D eigenvalue weighted by Gasteiger charge is 2.07. The topological polar surface area (TPSA) is 41.5 Å². The second-order valence-corrected chi connectivity index (χ2v) is 4.44. The number of aliphatic hydroxyl groups is 1. The summed E-state index contributed by atoms with van der Waals surface area (Å²) >= 11 is 0. The van der Waals surface area contributed by atoms with E-state index >= 15 is 0 Å². The van der Waals surface area contributed by atoms with Crippen molar-refractivity contribution < 1.29 is 14.2 Å². The standard InChI is InChI=1S/C16H18FNO2/c1-2-18-10-13-9-14(17)6-7-16(13)20-15-5-3-4-12(8-15)11-19/h3-9,18-19H,2,10-11H2,1H3. The maximum absolute atomic E-state index is 13.3. The van der Waals surface area contributed by atoms with Crippen molar-refractivity contribution in [3.8, 4) is 11.5 Å². The molecule has 4 heteroatoms. The van der Waals surface area contributed by atoms with Crippen LogP contribution in [0.5, 0.6) is 11.5 Å². The predicted octanol–water partition coefficient (Wildman–Crippen LogP) is 3.22. The molecule has 2 rings (SSSR count). The van der Waals surface area contributed by atoms with Gasteiger partial charge in [0.25, 0.3) is 0 Å². The van der Waals surface area contributed by atoms with Gasteiger partial charge in [-0.3, -0.25) is 0 Å². The fourth-order valence-electron chi connectivity index (χ4n) is 1.88. The SMILES string of the molecule is CCNCc1cc(F)ccc1Oc1cccc(CO)c1. The van der Waals surface area contributed by atoms with Gasteiger partial charge < -0.3 is 15.2 Å². The zero-order chi connectivity index (χ0) is 14.4. The Morgan fingerprint density at radius 3 is 2.80 bits per heavy atom. The highest BCUT2D eigenvalue weighted by Crippen LogP contribution is 2.26. The number of hydrogen-bond donors (Lipinski definition) is 2. The molecule has 106 valence electrons. The number of ether oxygens (including phenoxy) is 1. The maximum atomic E-state index is 13.3. The second kappa shape index (κ2) is 7.03. The number of hydrogen-bond acceptors (Lipinski definition) is 3. The molecule has 0 atom stereocenters. The molecule has 0 aliphatic rings. The van der Waals surface area contributed by atoms with Crippen LogP contribution in [0, 0.1) is 5.82 Å². The Kier molecular flexibility index (Phi) is 5.09. The molecule has 0 saturated heterocycles. The van der Waals surface area contributed by atoms with Crippen molar-refractivity contribution in [2.45, 2.75) is 20.1 Å². The smallest absolute Gasteiger partial charge is 0.132 e. The normalized spacial score (nSPS) is 10.6. The first-order valence-electron chi connectivity index (χ1n) is 6.59. The Bertz CT molecular complexity index is 572. The Morgan fingerprint density at radius 1 is 1.20 bits per heavy atom. The molecule has 3 nitrogen and oxygen atoms in total. The second-order valence-electron chi connectivity index (χ2n) is 4.44. The van der Waals surface area contributed by atoms with Crippen molar-refractivity contribution in [2.75, 3.05) is 6.54 Å². The fraction of sp³-hybridized carbons (Fsp3) is 0.250. The third-order valence-electron chi connectivity index (χ3n) is 2.90. The van der Waals surface area contributed by atoms with Gasteiger partial charge in [0.15, 0.2) is 0 Å². The third kappa shape index (κ3) is 3.79. The van der Waals surface area contributed by atoms with Gasteiger partial charge in [0.05, 0.1) is 6.61 Å². The minimum atomic E-state index is -0.283. The quantitative estimate of drug-likeness (QED) is 0.850. The molecule has 0 amide bonds. The molecule has 0 radical (unpaired) electrons. The Balaban J connectivity index is 2.22. The molecule has 0 aliphatic carbocycles. The van der Waals surface area contributed by atoms with Crippen LogP contribution in [0.2, 0.25) is 0 Å². The number of halogens is 1. The first-order valence-corrected chi connectivity index (χ1v) is 6.59. The summed E-state index contributed by atoms with van der Waals surface area (Å²) in [6, 6.07) is 11.7. The van der Waals surface area contributed by atoms with E-state index in [-0.39, 0.29) is 12.4 Å². The molecular formula is C16H18FNO2. The van der Waals surface area contributed by atoms with Gasteiger partial charge in [0, 0.05) is 12.1 Å². The lowest BCUT2D eigenvalue weighted by molar-refractivity contribution is 0.281. The van der Waals surface area contributed by atoms with Crippen LogP contribution in [0.25, 0.3) is 0 Å². The Labute approximate surface area is 118 Å². The predicted molar refractivity (Wildman–Crippen MR) is 76.2 cm³/mol. The lowest BCUT2D eigenvalue weighted by Crippen LogP contribution is -2.12. The molecule has 0 aliphatic heterocycles. The van der Waals surface area contributed by atoms with Crippen LogP contribution >= 0.6 is 0 Å². The summed E-state index contributed by atoms with van der Waals surface area (Å²) < 4.78 is 19.1. The van der Waals surface area contributed by atoms with Gasteiger partial charge >= 0.3 is 0 Å². The van der Waals surface area contributed by atoms with Gasteiger partial charge in [-0.2, -0.15) is 0 Å². The van der Waals surface area contributed by atoms with E-state index in [0.717, 1.165) is 17.7 Å². The minimum absolute atomic E-state index is 0.0368. The molecule has 20 heavy (non-hydrogen) atoms. The summed E-state index contributed by atoms with van der Waals surface area (Å²) in [5.41, 5.74) is 1.54. The fourth-order valence-corrected chi connectivity index (χ4v) is 1.88. The number of aliphatic hydroxyl groups excluding tert-OH is 1. The van der Waals surface area contributed by atoms with Crippen molar-refractivity contribution in [2.24, 2.45) is 0 Å². The van der Waals surface area contributed by atoms with Crippen LogP contribution in [0.1, 0.15) is 18.1 Å². The molecule has 0 unspecified atom stereocenters. The molecular weight excluding hydrogens is 257 g/mol. The first-order chi connectivity index (χ1) is 9.72. The average Bonchev–Trinajstić information content (AvgIpc) is 2.47. The maximum Gasteiger partial charge on any atom is 0.132 e. The van der Waals surface area contributed by atoms with E-state index in [1.807, 2.05) is 19.1 Å². The number of rotatable bonds is 6. The third-order valence-corrected chi connectivity index (χ3v) is 2.90. The summed E-state index contributed by atoms with van der Waals surface area (Å²) in [5, 5.41) is 12.3. The number of benzene rings is 2.